The van der Waals surface area contributed by atoms with Crippen LogP contribution in [-0.2, 0) is 18.3 Å². The molecule has 0 saturated carbocycles. The van der Waals surface area contributed by atoms with Crippen LogP contribution in [-0.4, -0.2) is 33.2 Å². The van der Waals surface area contributed by atoms with Gasteiger partial charge in [-0.25, -0.2) is 0 Å². The molecule has 2 N–H and O–H groups in total. The highest BCUT2D eigenvalue weighted by molar-refractivity contribution is 5.85. The van der Waals surface area contributed by atoms with Crippen LogP contribution in [0.5, 0.6) is 0 Å². The quantitative estimate of drug-likeness (QED) is 0.859. The Hall–Kier alpha value is -1.56. The Kier molecular flexibility index (Phi) is 8.13. The summed E-state index contributed by atoms with van der Waals surface area (Å²) in [6, 6.07) is 9.58. The molecule has 1 aliphatic heterocycles. The summed E-state index contributed by atoms with van der Waals surface area (Å²) in [6.07, 6.45) is 2.58. The van der Waals surface area contributed by atoms with Crippen LogP contribution in [0, 0.1) is 13.8 Å². The van der Waals surface area contributed by atoms with Crippen molar-refractivity contribution >= 4 is 30.7 Å². The first-order valence-corrected chi connectivity index (χ1v) is 8.59. The summed E-state index contributed by atoms with van der Waals surface area (Å²) in [4.78, 5) is 14.9. The fourth-order valence-corrected chi connectivity index (χ4v) is 3.77. The van der Waals surface area contributed by atoms with Crippen LogP contribution in [0.2, 0.25) is 0 Å². The summed E-state index contributed by atoms with van der Waals surface area (Å²) in [7, 11) is 1.95. The van der Waals surface area contributed by atoms with Gasteiger partial charge in [0.15, 0.2) is 0 Å². The molecule has 0 radical (unpaired) electrons. The van der Waals surface area contributed by atoms with E-state index < -0.39 is 6.04 Å². The largest absolute Gasteiger partial charge is 0.334 e. The van der Waals surface area contributed by atoms with Gasteiger partial charge in [-0.3, -0.25) is 9.48 Å². The number of hydrogen-bond donors (Lipinski definition) is 1. The molecule has 26 heavy (non-hydrogen) atoms. The number of carbonyl (C=O) groups is 1. The van der Waals surface area contributed by atoms with Gasteiger partial charge in [-0.05, 0) is 38.7 Å². The lowest BCUT2D eigenvalue weighted by Gasteiger charge is -2.28. The van der Waals surface area contributed by atoms with Crippen molar-refractivity contribution in [3.05, 3.63) is 52.8 Å². The molecule has 0 spiro atoms. The molecule has 1 fully saturated rings. The Morgan fingerprint density at radius 2 is 1.92 bits per heavy atom. The molecule has 7 heteroatoms. The predicted molar refractivity (Wildman–Crippen MR) is 109 cm³/mol. The maximum Gasteiger partial charge on any atom is 0.240 e. The van der Waals surface area contributed by atoms with Crippen LogP contribution in [0.1, 0.15) is 41.4 Å². The monoisotopic (exact) mass is 398 g/mol. The smallest absolute Gasteiger partial charge is 0.240 e. The Labute approximate surface area is 167 Å². The van der Waals surface area contributed by atoms with Gasteiger partial charge >= 0.3 is 0 Å². The number of carbonyl (C=O) groups excluding carboxylic acids is 1. The fraction of sp³-hybridized carbons (Fsp3) is 0.474. The molecule has 1 aliphatic rings. The maximum absolute atomic E-state index is 12.9. The van der Waals surface area contributed by atoms with Crippen molar-refractivity contribution in [2.45, 2.75) is 45.2 Å². The number of benzene rings is 1. The van der Waals surface area contributed by atoms with E-state index in [-0.39, 0.29) is 36.8 Å². The molecule has 0 bridgehead atoms. The van der Waals surface area contributed by atoms with Crippen molar-refractivity contribution in [2.75, 3.05) is 6.54 Å². The summed E-state index contributed by atoms with van der Waals surface area (Å²) >= 11 is 0. The molecule has 2 unspecified atom stereocenters. The topological polar surface area (TPSA) is 64.2 Å². The van der Waals surface area contributed by atoms with Crippen molar-refractivity contribution in [1.82, 2.24) is 14.7 Å². The van der Waals surface area contributed by atoms with Crippen molar-refractivity contribution in [3.63, 3.8) is 0 Å². The molecule has 144 valence electrons. The highest BCUT2D eigenvalue weighted by Crippen LogP contribution is 2.35. The zero-order chi connectivity index (χ0) is 17.3. The minimum absolute atomic E-state index is 0. The van der Waals surface area contributed by atoms with Gasteiger partial charge in [0.1, 0.15) is 0 Å². The molecular formula is C19H28Cl2N4O. The highest BCUT2D eigenvalue weighted by Gasteiger charge is 2.35. The number of likely N-dealkylation sites (tertiary alicyclic amines) is 1. The van der Waals surface area contributed by atoms with E-state index in [4.69, 9.17) is 5.73 Å². The molecule has 2 atom stereocenters. The third kappa shape index (κ3) is 4.40. The fourth-order valence-electron chi connectivity index (χ4n) is 3.77. The lowest BCUT2D eigenvalue weighted by atomic mass is 10.0. The van der Waals surface area contributed by atoms with Crippen LogP contribution in [0.15, 0.2) is 30.3 Å². The summed E-state index contributed by atoms with van der Waals surface area (Å²) in [5.41, 5.74) is 10.7. The van der Waals surface area contributed by atoms with E-state index in [0.29, 0.717) is 6.42 Å². The zero-order valence-electron chi connectivity index (χ0n) is 15.5. The van der Waals surface area contributed by atoms with Crippen LogP contribution in [0.25, 0.3) is 0 Å². The Morgan fingerprint density at radius 1 is 1.27 bits per heavy atom. The second-order valence-electron chi connectivity index (χ2n) is 6.69. The van der Waals surface area contributed by atoms with Crippen LogP contribution in [0.3, 0.4) is 0 Å². The standard InChI is InChI=1S/C19H26N4O.2ClH/c1-13-18(14(2)22(3)21-13)17-10-7-11-23(17)19(24)16(20)12-15-8-5-4-6-9-15;;/h4-6,8-9,16-17H,7,10-12,20H2,1-3H3;2*1H. The third-order valence-electron chi connectivity index (χ3n) is 5.05. The molecule has 1 aromatic heterocycles. The number of halogens is 2. The van der Waals surface area contributed by atoms with Gasteiger partial charge in [-0.15, -0.1) is 24.8 Å². The molecule has 1 aromatic carbocycles. The van der Waals surface area contributed by atoms with Gasteiger partial charge in [0.2, 0.25) is 5.91 Å². The van der Waals surface area contributed by atoms with Crippen molar-refractivity contribution in [3.8, 4) is 0 Å². The second kappa shape index (κ2) is 9.40. The first kappa shape index (κ1) is 22.5. The van der Waals surface area contributed by atoms with Gasteiger partial charge in [0, 0.05) is 24.8 Å². The minimum Gasteiger partial charge on any atom is -0.334 e. The van der Waals surface area contributed by atoms with Gasteiger partial charge in [-0.2, -0.15) is 5.10 Å². The van der Waals surface area contributed by atoms with E-state index in [1.54, 1.807) is 0 Å². The van der Waals surface area contributed by atoms with E-state index in [0.717, 1.165) is 36.3 Å². The lowest BCUT2D eigenvalue weighted by Crippen LogP contribution is -2.44. The molecule has 1 amide bonds. The molecule has 0 aliphatic carbocycles. The summed E-state index contributed by atoms with van der Waals surface area (Å²) in [5.74, 6) is 0.0454. The average Bonchev–Trinajstić information content (AvgIpc) is 3.12. The summed E-state index contributed by atoms with van der Waals surface area (Å²) in [5, 5.41) is 4.51. The molecular weight excluding hydrogens is 371 g/mol. The van der Waals surface area contributed by atoms with Gasteiger partial charge in [0.05, 0.1) is 17.8 Å². The van der Waals surface area contributed by atoms with Crippen molar-refractivity contribution in [1.29, 1.82) is 0 Å². The van der Waals surface area contributed by atoms with E-state index in [9.17, 15) is 4.79 Å². The Morgan fingerprint density at radius 3 is 2.50 bits per heavy atom. The van der Waals surface area contributed by atoms with Crippen LogP contribution < -0.4 is 5.73 Å². The Balaban J connectivity index is 0.00000169. The number of hydrogen-bond acceptors (Lipinski definition) is 3. The number of amides is 1. The van der Waals surface area contributed by atoms with Crippen molar-refractivity contribution in [2.24, 2.45) is 12.8 Å². The Bertz CT molecular complexity index is 733. The molecule has 1 saturated heterocycles. The van der Waals surface area contributed by atoms with E-state index in [2.05, 4.69) is 12.0 Å². The molecule has 2 heterocycles. The van der Waals surface area contributed by atoms with Gasteiger partial charge in [0.25, 0.3) is 0 Å². The normalized spacial score (nSPS) is 17.4. The SMILES string of the molecule is Cc1nn(C)c(C)c1C1CCCN1C(=O)C(N)Cc1ccccc1.Cl.Cl. The van der Waals surface area contributed by atoms with E-state index >= 15 is 0 Å². The minimum atomic E-state index is -0.495. The molecule has 5 nitrogen and oxygen atoms in total. The van der Waals surface area contributed by atoms with Crippen LogP contribution >= 0.6 is 24.8 Å². The predicted octanol–water partition coefficient (Wildman–Crippen LogP) is 3.11. The van der Waals surface area contributed by atoms with Gasteiger partial charge < -0.3 is 10.6 Å². The van der Waals surface area contributed by atoms with E-state index in [1.165, 1.54) is 5.56 Å². The number of aromatic nitrogens is 2. The zero-order valence-corrected chi connectivity index (χ0v) is 17.1. The number of rotatable bonds is 4. The molecule has 3 rings (SSSR count). The second-order valence-corrected chi connectivity index (χ2v) is 6.69. The summed E-state index contributed by atoms with van der Waals surface area (Å²) in [6.45, 7) is 4.87. The highest BCUT2D eigenvalue weighted by atomic mass is 35.5. The first-order valence-electron chi connectivity index (χ1n) is 8.59. The molecule has 2 aromatic rings. The third-order valence-corrected chi connectivity index (χ3v) is 5.05. The summed E-state index contributed by atoms with van der Waals surface area (Å²) < 4.78 is 1.90. The first-order chi connectivity index (χ1) is 11.5. The maximum atomic E-state index is 12.9. The number of aryl methyl sites for hydroxylation is 2. The number of nitrogens with two attached hydrogens (primary N) is 1. The van der Waals surface area contributed by atoms with Crippen LogP contribution in [0.4, 0.5) is 0 Å². The van der Waals surface area contributed by atoms with Gasteiger partial charge in [-0.1, -0.05) is 30.3 Å². The van der Waals surface area contributed by atoms with Crippen molar-refractivity contribution < 1.29 is 4.79 Å². The van der Waals surface area contributed by atoms with E-state index in [1.807, 2.05) is 53.9 Å². The number of nitrogens with zero attached hydrogens (tertiary/aromatic N) is 3. The average molecular weight is 399 g/mol. The lowest BCUT2D eigenvalue weighted by molar-refractivity contribution is -0.133.